The Morgan fingerprint density at radius 3 is 2.92 bits per heavy atom. The molecule has 0 amide bonds. The van der Waals surface area contributed by atoms with Crippen molar-refractivity contribution in [3.05, 3.63) is 0 Å². The van der Waals surface area contributed by atoms with E-state index in [2.05, 4.69) is 13.8 Å². The van der Waals surface area contributed by atoms with Gasteiger partial charge in [-0.25, -0.2) is 0 Å². The molecule has 2 heteroatoms. The summed E-state index contributed by atoms with van der Waals surface area (Å²) in [6, 6.07) is 0. The van der Waals surface area contributed by atoms with Crippen LogP contribution >= 0.6 is 0 Å². The smallest absolute Gasteiger partial charge is 0.309 e. The standard InChI is InChI=1S/C11H18O2/c1-11(2)6-4-3-5-8-9(11)7-13-10(8)12/h8-9H,3-7H2,1-2H3. The topological polar surface area (TPSA) is 26.3 Å². The minimum absolute atomic E-state index is 0.0555. The van der Waals surface area contributed by atoms with Crippen molar-refractivity contribution < 1.29 is 9.53 Å². The van der Waals surface area contributed by atoms with Gasteiger partial charge in [0.05, 0.1) is 12.5 Å². The van der Waals surface area contributed by atoms with Crippen LogP contribution in [0.2, 0.25) is 0 Å². The number of fused-ring (bicyclic) bond motifs is 1. The van der Waals surface area contributed by atoms with Gasteiger partial charge < -0.3 is 4.74 Å². The maximum atomic E-state index is 11.4. The van der Waals surface area contributed by atoms with Crippen LogP contribution in [0, 0.1) is 17.3 Å². The SMILES string of the molecule is CC1(C)CCCCC2C(=O)OCC21. The number of hydrogen-bond acceptors (Lipinski definition) is 2. The van der Waals surface area contributed by atoms with Crippen molar-refractivity contribution in [2.45, 2.75) is 39.5 Å². The first-order valence-corrected chi connectivity index (χ1v) is 5.28. The van der Waals surface area contributed by atoms with Gasteiger partial charge >= 0.3 is 5.97 Å². The maximum absolute atomic E-state index is 11.4. The second kappa shape index (κ2) is 3.00. The molecule has 1 saturated heterocycles. The molecule has 13 heavy (non-hydrogen) atoms. The predicted octanol–water partition coefficient (Wildman–Crippen LogP) is 2.38. The van der Waals surface area contributed by atoms with E-state index in [4.69, 9.17) is 4.74 Å². The summed E-state index contributed by atoms with van der Waals surface area (Å²) in [6.45, 7) is 5.21. The first-order valence-electron chi connectivity index (χ1n) is 5.28. The lowest BCUT2D eigenvalue weighted by Crippen LogP contribution is -2.28. The largest absolute Gasteiger partial charge is 0.465 e. The molecule has 1 aliphatic heterocycles. The van der Waals surface area contributed by atoms with Crippen LogP contribution in [-0.2, 0) is 9.53 Å². The zero-order valence-electron chi connectivity index (χ0n) is 8.51. The zero-order chi connectivity index (χ0) is 9.47. The van der Waals surface area contributed by atoms with Crippen LogP contribution in [-0.4, -0.2) is 12.6 Å². The molecule has 0 radical (unpaired) electrons. The van der Waals surface area contributed by atoms with E-state index in [0.717, 1.165) is 6.42 Å². The van der Waals surface area contributed by atoms with Gasteiger partial charge in [-0.15, -0.1) is 0 Å². The van der Waals surface area contributed by atoms with Crippen molar-refractivity contribution in [1.29, 1.82) is 0 Å². The Labute approximate surface area is 79.7 Å². The van der Waals surface area contributed by atoms with Gasteiger partial charge in [0.25, 0.3) is 0 Å². The van der Waals surface area contributed by atoms with Gasteiger partial charge in [-0.1, -0.05) is 26.7 Å². The minimum atomic E-state index is 0.0555. The monoisotopic (exact) mass is 182 g/mol. The molecule has 0 aromatic carbocycles. The lowest BCUT2D eigenvalue weighted by molar-refractivity contribution is -0.141. The summed E-state index contributed by atoms with van der Waals surface area (Å²) in [5.74, 6) is 0.736. The van der Waals surface area contributed by atoms with E-state index in [1.54, 1.807) is 0 Å². The summed E-state index contributed by atoms with van der Waals surface area (Å²) < 4.78 is 5.15. The lowest BCUT2D eigenvalue weighted by atomic mass is 9.72. The predicted molar refractivity (Wildman–Crippen MR) is 50.2 cm³/mol. The Morgan fingerprint density at radius 2 is 2.15 bits per heavy atom. The van der Waals surface area contributed by atoms with Crippen LogP contribution in [0.5, 0.6) is 0 Å². The summed E-state index contributed by atoms with van der Waals surface area (Å²) >= 11 is 0. The Bertz CT molecular complexity index is 220. The van der Waals surface area contributed by atoms with Gasteiger partial charge in [0.15, 0.2) is 0 Å². The lowest BCUT2D eigenvalue weighted by Gasteiger charge is -2.30. The van der Waals surface area contributed by atoms with Crippen molar-refractivity contribution in [1.82, 2.24) is 0 Å². The molecule has 1 aliphatic carbocycles. The molecular formula is C11H18O2. The van der Waals surface area contributed by atoms with E-state index in [-0.39, 0.29) is 11.9 Å². The highest BCUT2D eigenvalue weighted by Crippen LogP contribution is 2.45. The van der Waals surface area contributed by atoms with E-state index in [0.29, 0.717) is 17.9 Å². The second-order valence-electron chi connectivity index (χ2n) is 5.08. The molecular weight excluding hydrogens is 164 g/mol. The van der Waals surface area contributed by atoms with Crippen molar-refractivity contribution in [3.63, 3.8) is 0 Å². The molecule has 2 aliphatic rings. The van der Waals surface area contributed by atoms with Crippen LogP contribution in [0.3, 0.4) is 0 Å². The second-order valence-corrected chi connectivity index (χ2v) is 5.08. The first-order chi connectivity index (χ1) is 6.11. The molecule has 0 bridgehead atoms. The highest BCUT2D eigenvalue weighted by molar-refractivity contribution is 5.74. The van der Waals surface area contributed by atoms with Crippen molar-refractivity contribution >= 4 is 5.97 Å². The number of hydrogen-bond donors (Lipinski definition) is 0. The maximum Gasteiger partial charge on any atom is 0.309 e. The van der Waals surface area contributed by atoms with Crippen LogP contribution in [0.25, 0.3) is 0 Å². The highest BCUT2D eigenvalue weighted by Gasteiger charge is 2.45. The molecule has 1 heterocycles. The molecule has 0 aromatic rings. The summed E-state index contributed by atoms with van der Waals surface area (Å²) in [4.78, 5) is 11.4. The average Bonchev–Trinajstić information content (AvgIpc) is 2.34. The quantitative estimate of drug-likeness (QED) is 0.538. The molecule has 2 atom stereocenters. The number of carbonyl (C=O) groups is 1. The van der Waals surface area contributed by atoms with Crippen molar-refractivity contribution in [2.75, 3.05) is 6.61 Å². The van der Waals surface area contributed by atoms with E-state index in [1.165, 1.54) is 19.3 Å². The van der Waals surface area contributed by atoms with E-state index in [9.17, 15) is 4.79 Å². The van der Waals surface area contributed by atoms with E-state index in [1.807, 2.05) is 0 Å². The number of rotatable bonds is 0. The minimum Gasteiger partial charge on any atom is -0.465 e. The van der Waals surface area contributed by atoms with Crippen molar-refractivity contribution in [2.24, 2.45) is 17.3 Å². The molecule has 74 valence electrons. The van der Waals surface area contributed by atoms with Gasteiger partial charge in [-0.3, -0.25) is 4.79 Å². The normalized spacial score (nSPS) is 37.8. The summed E-state index contributed by atoms with van der Waals surface area (Å²) in [7, 11) is 0. The zero-order valence-corrected chi connectivity index (χ0v) is 8.51. The Hall–Kier alpha value is -0.530. The fourth-order valence-corrected chi connectivity index (χ4v) is 2.78. The Balaban J connectivity index is 2.22. The molecule has 0 N–H and O–H groups in total. The van der Waals surface area contributed by atoms with Crippen LogP contribution in [0.15, 0.2) is 0 Å². The first kappa shape index (κ1) is 9.04. The Kier molecular flexibility index (Phi) is 2.09. The average molecular weight is 182 g/mol. The van der Waals surface area contributed by atoms with Crippen LogP contribution in [0.4, 0.5) is 0 Å². The summed E-state index contributed by atoms with van der Waals surface area (Å²) in [5, 5.41) is 0. The number of esters is 1. The van der Waals surface area contributed by atoms with E-state index >= 15 is 0 Å². The number of cyclic esters (lactones) is 1. The van der Waals surface area contributed by atoms with Gasteiger partial charge in [0, 0.05) is 5.92 Å². The van der Waals surface area contributed by atoms with Crippen LogP contribution in [0.1, 0.15) is 39.5 Å². The fourth-order valence-electron chi connectivity index (χ4n) is 2.78. The van der Waals surface area contributed by atoms with Gasteiger partial charge in [0.2, 0.25) is 0 Å². The van der Waals surface area contributed by atoms with Gasteiger partial charge in [0.1, 0.15) is 0 Å². The molecule has 2 rings (SSSR count). The van der Waals surface area contributed by atoms with Gasteiger partial charge in [-0.2, -0.15) is 0 Å². The highest BCUT2D eigenvalue weighted by atomic mass is 16.5. The van der Waals surface area contributed by atoms with Crippen molar-refractivity contribution in [3.8, 4) is 0 Å². The number of carbonyl (C=O) groups excluding carboxylic acids is 1. The molecule has 0 spiro atoms. The third kappa shape index (κ3) is 1.47. The molecule has 0 aromatic heterocycles. The Morgan fingerprint density at radius 1 is 1.38 bits per heavy atom. The molecule has 2 fully saturated rings. The molecule has 1 saturated carbocycles. The summed E-state index contributed by atoms with van der Waals surface area (Å²) in [5.41, 5.74) is 0.299. The summed E-state index contributed by atoms with van der Waals surface area (Å²) in [6.07, 6.45) is 4.75. The third-order valence-electron chi connectivity index (χ3n) is 3.78. The fraction of sp³-hybridized carbons (Fsp3) is 0.909. The third-order valence-corrected chi connectivity index (χ3v) is 3.78. The molecule has 2 nitrogen and oxygen atoms in total. The number of ether oxygens (including phenoxy) is 1. The molecule has 2 unspecified atom stereocenters. The van der Waals surface area contributed by atoms with Crippen LogP contribution < -0.4 is 0 Å². The van der Waals surface area contributed by atoms with Gasteiger partial charge in [-0.05, 0) is 18.3 Å². The van der Waals surface area contributed by atoms with E-state index < -0.39 is 0 Å².